The summed E-state index contributed by atoms with van der Waals surface area (Å²) >= 11 is 0. The summed E-state index contributed by atoms with van der Waals surface area (Å²) in [6.45, 7) is 0. The minimum atomic E-state index is -0.532. The Morgan fingerprint density at radius 1 is 0.793 bits per heavy atom. The Morgan fingerprint density at radius 3 is 2.10 bits per heavy atom. The fourth-order valence-corrected chi connectivity index (χ4v) is 3.97. The van der Waals surface area contributed by atoms with Crippen molar-refractivity contribution in [3.63, 3.8) is 0 Å². The number of nitrogens with zero attached hydrogens (tertiary/aromatic N) is 2. The Labute approximate surface area is 171 Å². The molecule has 3 nitrogen and oxygen atoms in total. The number of hydrogen-bond acceptors (Lipinski definition) is 3. The van der Waals surface area contributed by atoms with Gasteiger partial charge in [0.2, 0.25) is 0 Å². The van der Waals surface area contributed by atoms with E-state index in [2.05, 4.69) is 29.3 Å². The maximum absolute atomic E-state index is 12.5. The Hall–Kier alpha value is -3.33. The second-order valence-electron chi connectivity index (χ2n) is 7.37. The third kappa shape index (κ3) is 4.24. The Morgan fingerprint density at radius 2 is 1.41 bits per heavy atom. The zero-order chi connectivity index (χ0) is 19.9. The summed E-state index contributed by atoms with van der Waals surface area (Å²) < 4.78 is 0. The highest BCUT2D eigenvalue weighted by atomic mass is 16.1. The van der Waals surface area contributed by atoms with E-state index >= 15 is 0 Å². The summed E-state index contributed by atoms with van der Waals surface area (Å²) in [6.07, 6.45) is 4.22. The Kier molecular flexibility index (Phi) is 5.76. The van der Waals surface area contributed by atoms with Gasteiger partial charge in [0.05, 0.1) is 5.71 Å². The van der Waals surface area contributed by atoms with Gasteiger partial charge in [-0.2, -0.15) is 0 Å². The maximum atomic E-state index is 12.5. The van der Waals surface area contributed by atoms with Gasteiger partial charge >= 0.3 is 0 Å². The van der Waals surface area contributed by atoms with Crippen LogP contribution in [-0.4, -0.2) is 17.8 Å². The highest BCUT2D eigenvalue weighted by molar-refractivity contribution is 6.13. The van der Waals surface area contributed by atoms with E-state index in [0.717, 1.165) is 35.2 Å². The fourth-order valence-electron chi connectivity index (χ4n) is 3.97. The van der Waals surface area contributed by atoms with E-state index in [0.29, 0.717) is 12.8 Å². The summed E-state index contributed by atoms with van der Waals surface area (Å²) in [6, 6.07) is 30.4. The third-order valence-corrected chi connectivity index (χ3v) is 5.39. The van der Waals surface area contributed by atoms with Crippen molar-refractivity contribution in [2.24, 2.45) is 9.98 Å². The number of carbonyl (C=O) groups is 1. The van der Waals surface area contributed by atoms with Crippen LogP contribution in [0.15, 0.2) is 101 Å². The van der Waals surface area contributed by atoms with Gasteiger partial charge in [-0.25, -0.2) is 4.99 Å². The molecule has 0 radical (unpaired) electrons. The van der Waals surface area contributed by atoms with Gasteiger partial charge in [0.15, 0.2) is 0 Å². The first-order chi connectivity index (χ1) is 14.3. The number of aliphatic imine (C=N–C) groups is 2. The molecular weight excluding hydrogens is 356 g/mol. The van der Waals surface area contributed by atoms with Crippen LogP contribution in [0.2, 0.25) is 0 Å². The molecule has 1 aliphatic heterocycles. The number of carbonyl (C=O) groups excluding carboxylic acids is 1. The summed E-state index contributed by atoms with van der Waals surface area (Å²) in [4.78, 5) is 22.0. The highest BCUT2D eigenvalue weighted by Crippen LogP contribution is 2.38. The first kappa shape index (κ1) is 19.0. The smallest absolute Gasteiger partial charge is 0.137 e. The third-order valence-electron chi connectivity index (χ3n) is 5.39. The number of Topliss-reactive ketones (excluding diaryl/α,β-unsaturated/α-hetero) is 1. The molecule has 0 bridgehead atoms. The predicted molar refractivity (Wildman–Crippen MR) is 119 cm³/mol. The van der Waals surface area contributed by atoms with Crippen molar-refractivity contribution in [1.82, 2.24) is 0 Å². The van der Waals surface area contributed by atoms with Gasteiger partial charge in [-0.1, -0.05) is 91.0 Å². The lowest BCUT2D eigenvalue weighted by atomic mass is 9.78. The van der Waals surface area contributed by atoms with Crippen LogP contribution in [0, 0.1) is 0 Å². The molecule has 0 aliphatic carbocycles. The molecule has 1 atom stereocenters. The van der Waals surface area contributed by atoms with Crippen LogP contribution in [0.4, 0.5) is 0 Å². The van der Waals surface area contributed by atoms with Crippen molar-refractivity contribution >= 4 is 17.8 Å². The van der Waals surface area contributed by atoms with Crippen molar-refractivity contribution in [1.29, 1.82) is 0 Å². The molecule has 0 fully saturated rings. The molecule has 0 amide bonds. The molecule has 3 heteroatoms. The first-order valence-electron chi connectivity index (χ1n) is 10.1. The monoisotopic (exact) mass is 380 g/mol. The quantitative estimate of drug-likeness (QED) is 0.516. The average molecular weight is 380 g/mol. The Bertz CT molecular complexity index is 1010. The molecule has 1 unspecified atom stereocenters. The number of benzene rings is 3. The fraction of sp³-hybridized carbons (Fsp3) is 0.192. The average Bonchev–Trinajstić information content (AvgIpc) is 3.21. The van der Waals surface area contributed by atoms with Crippen LogP contribution < -0.4 is 0 Å². The van der Waals surface area contributed by atoms with Crippen molar-refractivity contribution in [3.8, 4) is 0 Å². The van der Waals surface area contributed by atoms with Gasteiger partial charge < -0.3 is 0 Å². The van der Waals surface area contributed by atoms with E-state index < -0.39 is 5.54 Å². The minimum Gasteiger partial charge on any atom is -0.299 e. The van der Waals surface area contributed by atoms with Crippen molar-refractivity contribution < 1.29 is 4.79 Å². The van der Waals surface area contributed by atoms with Gasteiger partial charge in [0, 0.05) is 12.8 Å². The molecule has 0 aromatic heterocycles. The van der Waals surface area contributed by atoms with Gasteiger partial charge in [-0.3, -0.25) is 9.79 Å². The van der Waals surface area contributed by atoms with Crippen molar-refractivity contribution in [3.05, 3.63) is 108 Å². The van der Waals surface area contributed by atoms with Crippen LogP contribution in [0.5, 0.6) is 0 Å². The van der Waals surface area contributed by atoms with E-state index in [9.17, 15) is 4.79 Å². The molecule has 0 saturated heterocycles. The van der Waals surface area contributed by atoms with Crippen LogP contribution in [0.1, 0.15) is 36.0 Å². The molecule has 29 heavy (non-hydrogen) atoms. The summed E-state index contributed by atoms with van der Waals surface area (Å²) in [5, 5.41) is 0. The second-order valence-corrected chi connectivity index (χ2v) is 7.37. The molecule has 1 aliphatic rings. The van der Waals surface area contributed by atoms with E-state index in [-0.39, 0.29) is 5.78 Å². The molecule has 3 aromatic rings. The largest absolute Gasteiger partial charge is 0.299 e. The minimum absolute atomic E-state index is 0.264. The lowest BCUT2D eigenvalue weighted by Crippen LogP contribution is -2.32. The van der Waals surface area contributed by atoms with Crippen molar-refractivity contribution in [2.75, 3.05) is 0 Å². The van der Waals surface area contributed by atoms with Crippen LogP contribution >= 0.6 is 0 Å². The van der Waals surface area contributed by atoms with Crippen LogP contribution in [-0.2, 0) is 16.8 Å². The van der Waals surface area contributed by atoms with Crippen molar-refractivity contribution in [2.45, 2.75) is 31.2 Å². The molecule has 144 valence electrons. The molecule has 0 saturated carbocycles. The summed E-state index contributed by atoms with van der Waals surface area (Å²) in [5.41, 5.74) is 3.69. The van der Waals surface area contributed by atoms with Gasteiger partial charge in [-0.15, -0.1) is 0 Å². The maximum Gasteiger partial charge on any atom is 0.137 e. The first-order valence-corrected chi connectivity index (χ1v) is 10.1. The summed E-state index contributed by atoms with van der Waals surface area (Å²) in [7, 11) is 0. The van der Waals surface area contributed by atoms with Crippen LogP contribution in [0.25, 0.3) is 0 Å². The molecule has 4 rings (SSSR count). The lowest BCUT2D eigenvalue weighted by molar-refractivity contribution is -0.118. The molecule has 1 heterocycles. The van der Waals surface area contributed by atoms with Gasteiger partial charge in [0.1, 0.15) is 17.7 Å². The zero-order valence-electron chi connectivity index (χ0n) is 16.4. The SMILES string of the molecule is O=C(CCCC1(c2ccccc2)N=CN=C1c1ccccc1)Cc1ccccc1. The standard InChI is InChI=1S/C26H24N2O/c29-24(19-21-11-4-1-5-12-21)17-10-18-26(23-15-8-3-9-16-23)25(27-20-28-26)22-13-6-2-7-14-22/h1-9,11-16,20H,10,17-19H2. The second kappa shape index (κ2) is 8.78. The van der Waals surface area contributed by atoms with Gasteiger partial charge in [0.25, 0.3) is 0 Å². The number of hydrogen-bond donors (Lipinski definition) is 0. The molecule has 0 N–H and O–H groups in total. The van der Waals surface area contributed by atoms with Crippen LogP contribution in [0.3, 0.4) is 0 Å². The molecule has 3 aromatic carbocycles. The van der Waals surface area contributed by atoms with E-state index in [1.807, 2.05) is 66.7 Å². The number of rotatable bonds is 8. The summed E-state index contributed by atoms with van der Waals surface area (Å²) in [5.74, 6) is 0.264. The van der Waals surface area contributed by atoms with E-state index in [1.165, 1.54) is 0 Å². The normalized spacial score (nSPS) is 17.9. The molecule has 0 spiro atoms. The zero-order valence-corrected chi connectivity index (χ0v) is 16.4. The Balaban J connectivity index is 1.52. The lowest BCUT2D eigenvalue weighted by Gasteiger charge is -2.29. The van der Waals surface area contributed by atoms with Gasteiger partial charge in [-0.05, 0) is 29.5 Å². The predicted octanol–water partition coefficient (Wildman–Crippen LogP) is 5.40. The van der Waals surface area contributed by atoms with E-state index in [4.69, 9.17) is 4.99 Å². The topological polar surface area (TPSA) is 41.8 Å². The molecular formula is C26H24N2O. The number of ketones is 1. The van der Waals surface area contributed by atoms with E-state index in [1.54, 1.807) is 6.34 Å². The highest BCUT2D eigenvalue weighted by Gasteiger charge is 2.39.